The van der Waals surface area contributed by atoms with Crippen LogP contribution in [0.5, 0.6) is 0 Å². The summed E-state index contributed by atoms with van der Waals surface area (Å²) < 4.78 is 4.89. The van der Waals surface area contributed by atoms with Crippen molar-refractivity contribution in [2.24, 2.45) is 0 Å². The molecular weight excluding hydrogens is 292 g/mol. The summed E-state index contributed by atoms with van der Waals surface area (Å²) in [6.45, 7) is 0. The van der Waals surface area contributed by atoms with Gasteiger partial charge in [0.15, 0.2) is 0 Å². The van der Waals surface area contributed by atoms with Gasteiger partial charge in [0.2, 0.25) is 0 Å². The molecule has 0 atom stereocenters. The van der Waals surface area contributed by atoms with Gasteiger partial charge in [0.25, 0.3) is 0 Å². The van der Waals surface area contributed by atoms with E-state index in [2.05, 4.69) is 5.73 Å². The van der Waals surface area contributed by atoms with Gasteiger partial charge in [-0.25, -0.2) is 0 Å². The number of hydrogen-bond acceptors (Lipinski definition) is 1. The van der Waals surface area contributed by atoms with Crippen molar-refractivity contribution in [3.05, 3.63) is 36.1 Å². The molecule has 0 amide bonds. The molecule has 1 rings (SSSR count). The van der Waals surface area contributed by atoms with Gasteiger partial charge in [-0.15, -0.1) is 5.73 Å². The summed E-state index contributed by atoms with van der Waals surface area (Å²) in [5.41, 5.74) is 2.89. The van der Waals surface area contributed by atoms with Crippen LogP contribution in [0.15, 0.2) is 29.7 Å². The average Bonchev–Trinajstić information content (AvgIpc) is 1.90. The van der Waals surface area contributed by atoms with Gasteiger partial charge in [-0.2, -0.15) is 0 Å². The molecule has 0 spiro atoms. The number of rotatable bonds is 1. The monoisotopic (exact) mass is 298 g/mol. The van der Waals surface area contributed by atoms with E-state index in [0.29, 0.717) is 0 Å². The summed E-state index contributed by atoms with van der Waals surface area (Å²) >= 11 is 0. The SMILES string of the molecule is COC1=CC=C=C[CH]1.[I-].[Zn]. The van der Waals surface area contributed by atoms with E-state index >= 15 is 0 Å². The summed E-state index contributed by atoms with van der Waals surface area (Å²) in [6.07, 6.45) is 7.36. The van der Waals surface area contributed by atoms with Crippen LogP contribution >= 0.6 is 0 Å². The number of halogens is 1. The molecule has 0 heterocycles. The van der Waals surface area contributed by atoms with E-state index in [9.17, 15) is 0 Å². The molecule has 0 saturated carbocycles. The quantitative estimate of drug-likeness (QED) is 0.324. The van der Waals surface area contributed by atoms with E-state index in [4.69, 9.17) is 4.74 Å². The molecule has 51 valence electrons. The second-order valence-corrected chi connectivity index (χ2v) is 1.44. The molecule has 1 radical (unpaired) electrons. The number of methoxy groups -OCH3 is 1. The minimum atomic E-state index is 0. The summed E-state index contributed by atoms with van der Waals surface area (Å²) in [7, 11) is 1.65. The zero-order valence-electron chi connectivity index (χ0n) is 5.80. The van der Waals surface area contributed by atoms with Crippen LogP contribution in [0.2, 0.25) is 0 Å². The summed E-state index contributed by atoms with van der Waals surface area (Å²) in [6, 6.07) is 0. The topological polar surface area (TPSA) is 9.23 Å². The van der Waals surface area contributed by atoms with Crippen LogP contribution < -0.4 is 24.0 Å². The van der Waals surface area contributed by atoms with Gasteiger partial charge in [-0.05, 0) is 18.2 Å². The molecule has 0 N–H and O–H groups in total. The van der Waals surface area contributed by atoms with Crippen molar-refractivity contribution >= 4 is 0 Å². The van der Waals surface area contributed by atoms with E-state index in [1.807, 2.05) is 24.6 Å². The molecule has 1 aliphatic rings. The summed E-state index contributed by atoms with van der Waals surface area (Å²) in [4.78, 5) is 0. The van der Waals surface area contributed by atoms with Crippen LogP contribution in [-0.4, -0.2) is 7.11 Å². The van der Waals surface area contributed by atoms with Gasteiger partial charge in [-0.3, -0.25) is 0 Å². The molecule has 1 nitrogen and oxygen atoms in total. The molecule has 0 unspecified atom stereocenters. The average molecular weight is 299 g/mol. The molecule has 0 aromatic carbocycles. The standard InChI is InChI=1S/C7H7O.HI.Zn/c1-8-7-5-3-2-4-6-7;;/h3-6H,1H3;1H;/p-1. The normalized spacial score (nSPS) is 12.7. The van der Waals surface area contributed by atoms with Crippen molar-refractivity contribution in [2.75, 3.05) is 7.11 Å². The fraction of sp³-hybridized carbons (Fsp3) is 0.143. The first-order valence-electron chi connectivity index (χ1n) is 2.43. The van der Waals surface area contributed by atoms with Crippen LogP contribution in [0.1, 0.15) is 0 Å². The zero-order valence-corrected chi connectivity index (χ0v) is 10.9. The van der Waals surface area contributed by atoms with Gasteiger partial charge in [-0.1, -0.05) is 0 Å². The summed E-state index contributed by atoms with van der Waals surface area (Å²) in [5, 5.41) is 0. The fourth-order valence-corrected chi connectivity index (χ4v) is 0.508. The van der Waals surface area contributed by atoms with Gasteiger partial charge < -0.3 is 28.7 Å². The predicted molar refractivity (Wildman–Crippen MR) is 32.0 cm³/mol. The molecule has 10 heavy (non-hydrogen) atoms. The Morgan fingerprint density at radius 1 is 1.40 bits per heavy atom. The van der Waals surface area contributed by atoms with Crippen molar-refractivity contribution in [1.82, 2.24) is 0 Å². The second kappa shape index (κ2) is 7.52. The first-order valence-corrected chi connectivity index (χ1v) is 2.43. The van der Waals surface area contributed by atoms with Crippen molar-refractivity contribution in [2.45, 2.75) is 0 Å². The maximum absolute atomic E-state index is 4.89. The molecule has 0 saturated heterocycles. The van der Waals surface area contributed by atoms with Gasteiger partial charge in [0, 0.05) is 19.5 Å². The third kappa shape index (κ3) is 4.26. The van der Waals surface area contributed by atoms with E-state index in [1.54, 1.807) is 7.11 Å². The predicted octanol–water partition coefficient (Wildman–Crippen LogP) is -1.55. The third-order valence-electron chi connectivity index (χ3n) is 0.923. The van der Waals surface area contributed by atoms with Crippen molar-refractivity contribution < 1.29 is 48.2 Å². The Labute approximate surface area is 91.0 Å². The number of ether oxygens (including phenoxy) is 1. The Kier molecular flexibility index (Phi) is 9.80. The first-order chi connectivity index (χ1) is 3.93. The van der Waals surface area contributed by atoms with Gasteiger partial charge >= 0.3 is 0 Å². The molecule has 0 aliphatic heterocycles. The van der Waals surface area contributed by atoms with Gasteiger partial charge in [0.05, 0.1) is 13.5 Å². The minimum Gasteiger partial charge on any atom is -1.00 e. The van der Waals surface area contributed by atoms with Crippen molar-refractivity contribution in [3.8, 4) is 0 Å². The minimum absolute atomic E-state index is 0. The van der Waals surface area contributed by atoms with Crippen LogP contribution in [0, 0.1) is 6.42 Å². The van der Waals surface area contributed by atoms with Gasteiger partial charge in [0.1, 0.15) is 5.76 Å². The van der Waals surface area contributed by atoms with E-state index in [1.165, 1.54) is 0 Å². The number of allylic oxidation sites excluding steroid dienone is 2. The maximum Gasteiger partial charge on any atom is 0.105 e. The third-order valence-corrected chi connectivity index (χ3v) is 0.923. The Morgan fingerprint density at radius 2 is 2.10 bits per heavy atom. The molecular formula is C7H7IOZn-. The second-order valence-electron chi connectivity index (χ2n) is 1.44. The van der Waals surface area contributed by atoms with Crippen LogP contribution in [-0.2, 0) is 24.2 Å². The molecule has 3 heteroatoms. The zero-order chi connectivity index (χ0) is 5.82. The molecule has 0 aromatic rings. The summed E-state index contributed by atoms with van der Waals surface area (Å²) in [5.74, 6) is 0.878. The molecule has 0 aromatic heterocycles. The Balaban J connectivity index is 0. The molecule has 0 bridgehead atoms. The Bertz CT molecular complexity index is 168. The van der Waals surface area contributed by atoms with Crippen LogP contribution in [0.4, 0.5) is 0 Å². The van der Waals surface area contributed by atoms with Crippen LogP contribution in [0.3, 0.4) is 0 Å². The smallest absolute Gasteiger partial charge is 0.105 e. The fourth-order valence-electron chi connectivity index (χ4n) is 0.508. The van der Waals surface area contributed by atoms with E-state index in [-0.39, 0.29) is 43.5 Å². The Morgan fingerprint density at radius 3 is 2.40 bits per heavy atom. The van der Waals surface area contributed by atoms with E-state index in [0.717, 1.165) is 5.76 Å². The largest absolute Gasteiger partial charge is 1.00 e. The van der Waals surface area contributed by atoms with Crippen LogP contribution in [0.25, 0.3) is 0 Å². The van der Waals surface area contributed by atoms with Crippen molar-refractivity contribution in [1.29, 1.82) is 0 Å². The molecule has 1 aliphatic carbocycles. The first kappa shape index (κ1) is 13.0. The van der Waals surface area contributed by atoms with E-state index < -0.39 is 0 Å². The van der Waals surface area contributed by atoms with Crippen molar-refractivity contribution in [3.63, 3.8) is 0 Å². The molecule has 0 fully saturated rings. The Hall–Kier alpha value is 0.413. The maximum atomic E-state index is 4.89. The number of hydrogen-bond donors (Lipinski definition) is 0.